The molecule has 28 heavy (non-hydrogen) atoms. The monoisotopic (exact) mass is 391 g/mol. The van der Waals surface area contributed by atoms with Crippen molar-refractivity contribution in [1.82, 2.24) is 4.98 Å². The van der Waals surface area contributed by atoms with E-state index in [1.165, 1.54) is 17.0 Å². The summed E-state index contributed by atoms with van der Waals surface area (Å²) in [5.74, 6) is 0.452. The van der Waals surface area contributed by atoms with E-state index < -0.39 is 0 Å². The van der Waals surface area contributed by atoms with Gasteiger partial charge >= 0.3 is 0 Å². The number of carbonyl (C=O) groups is 1. The van der Waals surface area contributed by atoms with Crippen LogP contribution in [0.3, 0.4) is 0 Å². The number of anilines is 2. The number of thiophene rings is 1. The molecule has 142 valence electrons. The number of rotatable bonds is 6. The van der Waals surface area contributed by atoms with Gasteiger partial charge < -0.3 is 14.6 Å². The molecule has 0 fully saturated rings. The zero-order valence-electron chi connectivity index (χ0n) is 15.8. The lowest BCUT2D eigenvalue weighted by atomic mass is 10.2. The molecule has 0 radical (unpaired) electrons. The molecule has 4 aromatic rings. The maximum absolute atomic E-state index is 12.2. The number of oxazole rings is 1. The van der Waals surface area contributed by atoms with E-state index in [9.17, 15) is 4.79 Å². The van der Waals surface area contributed by atoms with E-state index in [0.29, 0.717) is 27.6 Å². The van der Waals surface area contributed by atoms with E-state index in [0.717, 1.165) is 18.7 Å². The number of fused-ring (bicyclic) bond motifs is 1. The smallest absolute Gasteiger partial charge is 0.265 e. The highest BCUT2D eigenvalue weighted by atomic mass is 32.1. The number of benzene rings is 2. The first kappa shape index (κ1) is 18.3. The fourth-order valence-corrected chi connectivity index (χ4v) is 3.75. The van der Waals surface area contributed by atoms with Gasteiger partial charge in [-0.2, -0.15) is 0 Å². The first-order valence-corrected chi connectivity index (χ1v) is 10.2. The summed E-state index contributed by atoms with van der Waals surface area (Å²) < 4.78 is 5.90. The van der Waals surface area contributed by atoms with Gasteiger partial charge in [-0.25, -0.2) is 4.98 Å². The number of hydrogen-bond acceptors (Lipinski definition) is 5. The largest absolute Gasteiger partial charge is 0.436 e. The summed E-state index contributed by atoms with van der Waals surface area (Å²) in [6, 6.07) is 17.4. The second-order valence-electron chi connectivity index (χ2n) is 6.35. The molecular formula is C22H21N3O2S. The minimum atomic E-state index is -0.120. The normalized spacial score (nSPS) is 10.9. The molecule has 0 bridgehead atoms. The topological polar surface area (TPSA) is 58.4 Å². The molecule has 0 aliphatic carbocycles. The number of hydrogen-bond donors (Lipinski definition) is 1. The summed E-state index contributed by atoms with van der Waals surface area (Å²) in [7, 11) is 0. The zero-order chi connectivity index (χ0) is 19.5. The fourth-order valence-electron chi connectivity index (χ4n) is 3.13. The average molecular weight is 391 g/mol. The van der Waals surface area contributed by atoms with Crippen LogP contribution in [-0.2, 0) is 0 Å². The van der Waals surface area contributed by atoms with Crippen LogP contribution in [0.1, 0.15) is 23.5 Å². The first-order valence-electron chi connectivity index (χ1n) is 9.28. The van der Waals surface area contributed by atoms with Crippen LogP contribution in [0.2, 0.25) is 0 Å². The second-order valence-corrected chi connectivity index (χ2v) is 7.30. The number of nitrogens with zero attached hydrogens (tertiary/aromatic N) is 2. The summed E-state index contributed by atoms with van der Waals surface area (Å²) in [6.45, 7) is 6.23. The van der Waals surface area contributed by atoms with Gasteiger partial charge in [0.1, 0.15) is 5.52 Å². The van der Waals surface area contributed by atoms with E-state index in [-0.39, 0.29) is 5.91 Å². The van der Waals surface area contributed by atoms with Crippen LogP contribution in [0.15, 0.2) is 64.4 Å². The molecule has 0 unspecified atom stereocenters. The molecule has 0 spiro atoms. The molecule has 6 heteroatoms. The van der Waals surface area contributed by atoms with Gasteiger partial charge in [-0.15, -0.1) is 11.3 Å². The maximum atomic E-state index is 12.2. The Morgan fingerprint density at radius 3 is 2.57 bits per heavy atom. The van der Waals surface area contributed by atoms with Gasteiger partial charge in [0.15, 0.2) is 5.58 Å². The number of nitrogens with one attached hydrogen (secondary N) is 1. The van der Waals surface area contributed by atoms with Crippen molar-refractivity contribution < 1.29 is 9.21 Å². The Balaban J connectivity index is 1.57. The highest BCUT2D eigenvalue weighted by molar-refractivity contribution is 7.12. The minimum Gasteiger partial charge on any atom is -0.436 e. The lowest BCUT2D eigenvalue weighted by Gasteiger charge is -2.20. The van der Waals surface area contributed by atoms with Crippen molar-refractivity contribution in [2.24, 2.45) is 0 Å². The Morgan fingerprint density at radius 2 is 1.89 bits per heavy atom. The SMILES string of the molecule is CCN(CC)c1ccc(-c2nc3cc(NC(=O)c4cccs4)ccc3o2)cc1. The van der Waals surface area contributed by atoms with Gasteiger partial charge in [-0.05, 0) is 67.8 Å². The summed E-state index contributed by atoms with van der Waals surface area (Å²) in [5.41, 5.74) is 4.21. The van der Waals surface area contributed by atoms with Crippen LogP contribution in [0.4, 0.5) is 11.4 Å². The summed E-state index contributed by atoms with van der Waals surface area (Å²) in [5, 5.41) is 4.79. The Hall–Kier alpha value is -3.12. The van der Waals surface area contributed by atoms with Crippen LogP contribution >= 0.6 is 11.3 Å². The van der Waals surface area contributed by atoms with Crippen molar-refractivity contribution in [2.75, 3.05) is 23.3 Å². The highest BCUT2D eigenvalue weighted by Gasteiger charge is 2.12. The Labute approximate surface area is 167 Å². The molecule has 2 aromatic heterocycles. The molecular weight excluding hydrogens is 370 g/mol. The Bertz CT molecular complexity index is 1080. The lowest BCUT2D eigenvalue weighted by Crippen LogP contribution is -2.21. The van der Waals surface area contributed by atoms with Crippen LogP contribution in [0.25, 0.3) is 22.6 Å². The van der Waals surface area contributed by atoms with E-state index in [4.69, 9.17) is 4.42 Å². The van der Waals surface area contributed by atoms with Gasteiger partial charge in [0, 0.05) is 30.0 Å². The van der Waals surface area contributed by atoms with Crippen molar-refractivity contribution in [3.05, 3.63) is 64.9 Å². The number of carbonyl (C=O) groups excluding carboxylic acids is 1. The number of aromatic nitrogens is 1. The van der Waals surface area contributed by atoms with Crippen molar-refractivity contribution in [2.45, 2.75) is 13.8 Å². The summed E-state index contributed by atoms with van der Waals surface area (Å²) >= 11 is 1.41. The van der Waals surface area contributed by atoms with Gasteiger partial charge in [0.05, 0.1) is 4.88 Å². The molecule has 4 rings (SSSR count). The minimum absolute atomic E-state index is 0.120. The van der Waals surface area contributed by atoms with E-state index >= 15 is 0 Å². The molecule has 0 atom stereocenters. The average Bonchev–Trinajstić information content (AvgIpc) is 3.39. The predicted octanol–water partition coefficient (Wildman–Crippen LogP) is 5.65. The fraction of sp³-hybridized carbons (Fsp3) is 0.182. The lowest BCUT2D eigenvalue weighted by molar-refractivity contribution is 0.103. The maximum Gasteiger partial charge on any atom is 0.265 e. The van der Waals surface area contributed by atoms with Crippen molar-refractivity contribution in [3.63, 3.8) is 0 Å². The van der Waals surface area contributed by atoms with Gasteiger partial charge in [-0.3, -0.25) is 4.79 Å². The zero-order valence-corrected chi connectivity index (χ0v) is 16.6. The van der Waals surface area contributed by atoms with E-state index in [2.05, 4.69) is 41.2 Å². The predicted molar refractivity (Wildman–Crippen MR) is 115 cm³/mol. The standard InChI is InChI=1S/C22H21N3O2S/c1-3-25(4-2)17-10-7-15(8-11-17)22-24-18-14-16(9-12-19(18)27-22)23-21(26)20-6-5-13-28-20/h5-14H,3-4H2,1-2H3,(H,23,26). The van der Waals surface area contributed by atoms with Crippen molar-refractivity contribution >= 4 is 39.7 Å². The van der Waals surface area contributed by atoms with E-state index in [1.54, 1.807) is 6.07 Å². The van der Waals surface area contributed by atoms with Crippen LogP contribution in [0.5, 0.6) is 0 Å². The molecule has 0 saturated carbocycles. The highest BCUT2D eigenvalue weighted by Crippen LogP contribution is 2.28. The first-order chi connectivity index (χ1) is 13.7. The quantitative estimate of drug-likeness (QED) is 0.461. The second kappa shape index (κ2) is 7.86. The molecule has 0 aliphatic rings. The van der Waals surface area contributed by atoms with Gasteiger partial charge in [-0.1, -0.05) is 6.07 Å². The third-order valence-corrected chi connectivity index (χ3v) is 5.50. The third kappa shape index (κ3) is 3.64. The molecule has 1 amide bonds. The van der Waals surface area contributed by atoms with Crippen molar-refractivity contribution in [1.29, 1.82) is 0 Å². The van der Waals surface area contributed by atoms with Crippen LogP contribution < -0.4 is 10.2 Å². The number of amides is 1. The van der Waals surface area contributed by atoms with Gasteiger partial charge in [0.2, 0.25) is 5.89 Å². The van der Waals surface area contributed by atoms with Crippen molar-refractivity contribution in [3.8, 4) is 11.5 Å². The van der Waals surface area contributed by atoms with Crippen LogP contribution in [-0.4, -0.2) is 24.0 Å². The molecule has 0 saturated heterocycles. The molecule has 0 aliphatic heterocycles. The summed E-state index contributed by atoms with van der Waals surface area (Å²) in [6.07, 6.45) is 0. The molecule has 2 heterocycles. The molecule has 5 nitrogen and oxygen atoms in total. The molecule has 2 aromatic carbocycles. The van der Waals surface area contributed by atoms with E-state index in [1.807, 2.05) is 41.8 Å². The third-order valence-electron chi connectivity index (χ3n) is 4.63. The van der Waals surface area contributed by atoms with Gasteiger partial charge in [0.25, 0.3) is 5.91 Å². The molecule has 1 N–H and O–H groups in total. The Morgan fingerprint density at radius 1 is 1.11 bits per heavy atom. The summed E-state index contributed by atoms with van der Waals surface area (Å²) in [4.78, 5) is 19.8. The van der Waals surface area contributed by atoms with Crippen LogP contribution in [0, 0.1) is 0 Å². The Kier molecular flexibility index (Phi) is 5.12.